The van der Waals surface area contributed by atoms with Crippen molar-refractivity contribution < 1.29 is 19.1 Å². The third kappa shape index (κ3) is 5.16. The average Bonchev–Trinajstić information content (AvgIpc) is 2.72. The second-order valence-corrected chi connectivity index (χ2v) is 6.81. The molecule has 3 rings (SSSR count). The van der Waals surface area contributed by atoms with Crippen LogP contribution in [0, 0.1) is 5.92 Å². The number of likely N-dealkylation sites (tertiary alicyclic amines) is 1. The number of hydrogen-bond acceptors (Lipinski definition) is 5. The first kappa shape index (κ1) is 19.5. The molecule has 0 radical (unpaired) electrons. The number of pyridine rings is 1. The Morgan fingerprint density at radius 3 is 2.57 bits per heavy atom. The molecule has 2 aromatic rings. The van der Waals surface area contributed by atoms with Gasteiger partial charge in [0.15, 0.2) is 0 Å². The van der Waals surface area contributed by atoms with Gasteiger partial charge in [-0.3, -0.25) is 19.4 Å². The monoisotopic (exact) mass is 381 g/mol. The Labute approximate surface area is 163 Å². The average molecular weight is 381 g/mol. The van der Waals surface area contributed by atoms with E-state index in [1.54, 1.807) is 53.7 Å². The molecule has 1 aliphatic rings. The number of carbonyl (C=O) groups excluding carboxylic acids is 3. The van der Waals surface area contributed by atoms with E-state index in [0.717, 1.165) is 12.8 Å². The fourth-order valence-corrected chi connectivity index (χ4v) is 3.22. The number of benzene rings is 1. The highest BCUT2D eigenvalue weighted by Crippen LogP contribution is 2.21. The lowest BCUT2D eigenvalue weighted by Gasteiger charge is -2.32. The highest BCUT2D eigenvalue weighted by molar-refractivity contribution is 5.95. The third-order valence-corrected chi connectivity index (χ3v) is 4.72. The number of aromatic nitrogens is 1. The van der Waals surface area contributed by atoms with E-state index >= 15 is 0 Å². The molecule has 0 unspecified atom stereocenters. The van der Waals surface area contributed by atoms with E-state index in [2.05, 4.69) is 10.3 Å². The standard InChI is InChI=1S/C21H23N3O4/c1-15(25)28-19-6-2-4-17(12-19)21(27)24-10-7-16(8-11-24)13-23-20(26)18-5-3-9-22-14-18/h2-6,9,12,14,16H,7-8,10-11,13H2,1H3,(H,23,26). The molecule has 0 atom stereocenters. The Bertz CT molecular complexity index is 846. The second-order valence-electron chi connectivity index (χ2n) is 6.81. The van der Waals surface area contributed by atoms with E-state index in [-0.39, 0.29) is 11.8 Å². The van der Waals surface area contributed by atoms with Crippen molar-refractivity contribution in [2.45, 2.75) is 19.8 Å². The SMILES string of the molecule is CC(=O)Oc1cccc(C(=O)N2CCC(CNC(=O)c3cccnc3)CC2)c1. The van der Waals surface area contributed by atoms with Crippen LogP contribution in [0.4, 0.5) is 0 Å². The number of nitrogens with one attached hydrogen (secondary N) is 1. The van der Waals surface area contributed by atoms with E-state index in [4.69, 9.17) is 4.74 Å². The molecule has 0 aliphatic carbocycles. The van der Waals surface area contributed by atoms with Gasteiger partial charge in [0.25, 0.3) is 11.8 Å². The lowest BCUT2D eigenvalue weighted by molar-refractivity contribution is -0.131. The maximum absolute atomic E-state index is 12.7. The smallest absolute Gasteiger partial charge is 0.308 e. The van der Waals surface area contributed by atoms with Crippen molar-refractivity contribution in [3.63, 3.8) is 0 Å². The predicted molar refractivity (Wildman–Crippen MR) is 103 cm³/mol. The van der Waals surface area contributed by atoms with Crippen LogP contribution in [-0.4, -0.2) is 47.3 Å². The van der Waals surface area contributed by atoms with Crippen LogP contribution < -0.4 is 10.1 Å². The normalized spacial score (nSPS) is 14.4. The van der Waals surface area contributed by atoms with Gasteiger partial charge in [-0.2, -0.15) is 0 Å². The van der Waals surface area contributed by atoms with E-state index in [1.807, 2.05) is 0 Å². The van der Waals surface area contributed by atoms with Crippen LogP contribution in [0.1, 0.15) is 40.5 Å². The van der Waals surface area contributed by atoms with Gasteiger partial charge >= 0.3 is 5.97 Å². The number of esters is 1. The van der Waals surface area contributed by atoms with E-state index in [0.29, 0.717) is 42.4 Å². The Kier molecular flexibility index (Phi) is 6.37. The van der Waals surface area contributed by atoms with Gasteiger partial charge in [-0.25, -0.2) is 0 Å². The number of amides is 2. The minimum Gasteiger partial charge on any atom is -0.427 e. The summed E-state index contributed by atoms with van der Waals surface area (Å²) in [5.74, 6) is 0.0721. The van der Waals surface area contributed by atoms with Crippen molar-refractivity contribution in [2.24, 2.45) is 5.92 Å². The predicted octanol–water partition coefficient (Wildman–Crippen LogP) is 2.29. The van der Waals surface area contributed by atoms with Gasteiger partial charge in [-0.15, -0.1) is 0 Å². The molecule has 28 heavy (non-hydrogen) atoms. The first-order valence-electron chi connectivity index (χ1n) is 9.29. The third-order valence-electron chi connectivity index (χ3n) is 4.72. The lowest BCUT2D eigenvalue weighted by atomic mass is 9.96. The summed E-state index contributed by atoms with van der Waals surface area (Å²) < 4.78 is 5.05. The van der Waals surface area contributed by atoms with Crippen LogP contribution in [0.15, 0.2) is 48.8 Å². The number of ether oxygens (including phenoxy) is 1. The molecule has 1 aromatic carbocycles. The molecule has 0 saturated carbocycles. The van der Waals surface area contributed by atoms with Gasteiger partial charge in [0.1, 0.15) is 5.75 Å². The second kappa shape index (κ2) is 9.12. The van der Waals surface area contributed by atoms with Crippen LogP contribution in [-0.2, 0) is 4.79 Å². The molecule has 2 heterocycles. The molecular weight excluding hydrogens is 358 g/mol. The minimum absolute atomic E-state index is 0.0770. The van der Waals surface area contributed by atoms with Gasteiger partial charge in [0.2, 0.25) is 0 Å². The number of rotatable bonds is 5. The lowest BCUT2D eigenvalue weighted by Crippen LogP contribution is -2.41. The molecule has 7 nitrogen and oxygen atoms in total. The molecule has 146 valence electrons. The van der Waals surface area contributed by atoms with Crippen molar-refractivity contribution in [2.75, 3.05) is 19.6 Å². The molecule has 1 N–H and O–H groups in total. The summed E-state index contributed by atoms with van der Waals surface area (Å²) in [5, 5.41) is 2.94. The van der Waals surface area contributed by atoms with Crippen LogP contribution in [0.5, 0.6) is 5.75 Å². The van der Waals surface area contributed by atoms with Crippen molar-refractivity contribution in [1.29, 1.82) is 0 Å². The number of carbonyl (C=O) groups is 3. The highest BCUT2D eigenvalue weighted by atomic mass is 16.5. The molecule has 1 aromatic heterocycles. The van der Waals surface area contributed by atoms with Gasteiger partial charge in [0.05, 0.1) is 5.56 Å². The van der Waals surface area contributed by atoms with Crippen LogP contribution in [0.2, 0.25) is 0 Å². The summed E-state index contributed by atoms with van der Waals surface area (Å²) in [7, 11) is 0. The van der Waals surface area contributed by atoms with Crippen LogP contribution >= 0.6 is 0 Å². The molecule has 2 amide bonds. The van der Waals surface area contributed by atoms with E-state index < -0.39 is 5.97 Å². The van der Waals surface area contributed by atoms with Crippen molar-refractivity contribution >= 4 is 17.8 Å². The molecule has 1 aliphatic heterocycles. The van der Waals surface area contributed by atoms with Crippen LogP contribution in [0.3, 0.4) is 0 Å². The first-order valence-corrected chi connectivity index (χ1v) is 9.29. The Hall–Kier alpha value is -3.22. The summed E-state index contributed by atoms with van der Waals surface area (Å²) >= 11 is 0. The molecule has 7 heteroatoms. The molecule has 0 spiro atoms. The van der Waals surface area contributed by atoms with Gasteiger partial charge in [-0.1, -0.05) is 6.07 Å². The maximum Gasteiger partial charge on any atom is 0.308 e. The van der Waals surface area contributed by atoms with Gasteiger partial charge in [0, 0.05) is 44.5 Å². The molecule has 1 saturated heterocycles. The van der Waals surface area contributed by atoms with Gasteiger partial charge in [-0.05, 0) is 49.1 Å². The number of nitrogens with zero attached hydrogens (tertiary/aromatic N) is 2. The zero-order valence-electron chi connectivity index (χ0n) is 15.8. The quantitative estimate of drug-likeness (QED) is 0.634. The van der Waals surface area contributed by atoms with Crippen LogP contribution in [0.25, 0.3) is 0 Å². The summed E-state index contributed by atoms with van der Waals surface area (Å²) in [6.45, 7) is 3.16. The Morgan fingerprint density at radius 1 is 1.14 bits per heavy atom. The minimum atomic E-state index is -0.418. The topological polar surface area (TPSA) is 88.6 Å². The molecule has 1 fully saturated rings. The number of piperidine rings is 1. The summed E-state index contributed by atoms with van der Waals surface area (Å²) in [4.78, 5) is 41.6. The summed E-state index contributed by atoms with van der Waals surface area (Å²) in [5.41, 5.74) is 1.05. The Morgan fingerprint density at radius 2 is 1.89 bits per heavy atom. The van der Waals surface area contributed by atoms with Gasteiger partial charge < -0.3 is 15.0 Å². The largest absolute Gasteiger partial charge is 0.427 e. The molecule has 0 bridgehead atoms. The highest BCUT2D eigenvalue weighted by Gasteiger charge is 2.24. The molecular formula is C21H23N3O4. The zero-order chi connectivity index (χ0) is 19.9. The van der Waals surface area contributed by atoms with Crippen molar-refractivity contribution in [1.82, 2.24) is 15.2 Å². The maximum atomic E-state index is 12.7. The fraction of sp³-hybridized carbons (Fsp3) is 0.333. The fourth-order valence-electron chi connectivity index (χ4n) is 3.22. The van der Waals surface area contributed by atoms with Crippen molar-refractivity contribution in [3.8, 4) is 5.75 Å². The van der Waals surface area contributed by atoms with Crippen molar-refractivity contribution in [3.05, 3.63) is 59.9 Å². The summed E-state index contributed by atoms with van der Waals surface area (Å²) in [6, 6.07) is 10.1. The first-order chi connectivity index (χ1) is 13.5. The Balaban J connectivity index is 1.49. The van der Waals surface area contributed by atoms with E-state index in [9.17, 15) is 14.4 Å². The number of hydrogen-bond donors (Lipinski definition) is 1. The zero-order valence-corrected chi connectivity index (χ0v) is 15.8. The summed E-state index contributed by atoms with van der Waals surface area (Å²) in [6.07, 6.45) is 4.82. The van der Waals surface area contributed by atoms with E-state index in [1.165, 1.54) is 6.92 Å².